The van der Waals surface area contributed by atoms with E-state index < -0.39 is 6.61 Å². The monoisotopic (exact) mass is 324 g/mol. The van der Waals surface area contributed by atoms with E-state index >= 15 is 0 Å². The maximum absolute atomic E-state index is 12.2. The van der Waals surface area contributed by atoms with Crippen molar-refractivity contribution in [1.29, 1.82) is 0 Å². The second-order valence-corrected chi connectivity index (χ2v) is 4.81. The molecule has 19 heavy (non-hydrogen) atoms. The molecule has 2 aromatic carbocycles. The Bertz CT molecular complexity index is 596. The highest BCUT2D eigenvalue weighted by Crippen LogP contribution is 2.27. The third-order valence-electron chi connectivity index (χ3n) is 2.58. The van der Waals surface area contributed by atoms with Crippen LogP contribution in [0.15, 0.2) is 59.6 Å². The van der Waals surface area contributed by atoms with Crippen LogP contribution in [0.3, 0.4) is 0 Å². The van der Waals surface area contributed by atoms with Crippen molar-refractivity contribution >= 4 is 21.5 Å². The Morgan fingerprint density at radius 1 is 1.05 bits per heavy atom. The molecule has 0 amide bonds. The number of benzene rings is 2. The molecule has 0 aliphatic heterocycles. The van der Waals surface area contributed by atoms with Gasteiger partial charge in [-0.15, -0.1) is 0 Å². The van der Waals surface area contributed by atoms with Gasteiger partial charge in [-0.25, -0.2) is 0 Å². The SMILES string of the molecule is C=C(c1cccc(Br)c1)c1cccc(OC(F)F)c1. The molecule has 2 rings (SSSR count). The van der Waals surface area contributed by atoms with Gasteiger partial charge in [0.05, 0.1) is 0 Å². The zero-order valence-corrected chi connectivity index (χ0v) is 11.5. The van der Waals surface area contributed by atoms with E-state index in [9.17, 15) is 8.78 Å². The minimum absolute atomic E-state index is 0.128. The first-order valence-electron chi connectivity index (χ1n) is 5.56. The van der Waals surface area contributed by atoms with Crippen molar-refractivity contribution < 1.29 is 13.5 Å². The minimum atomic E-state index is -2.82. The molecule has 1 nitrogen and oxygen atoms in total. The van der Waals surface area contributed by atoms with E-state index in [0.717, 1.165) is 21.2 Å². The quantitative estimate of drug-likeness (QED) is 0.759. The standard InChI is InChI=1S/C15H11BrF2O/c1-10(11-4-2-6-13(16)8-11)12-5-3-7-14(9-12)19-15(17)18/h2-9,15H,1H2. The van der Waals surface area contributed by atoms with Crippen LogP contribution in [-0.4, -0.2) is 6.61 Å². The van der Waals surface area contributed by atoms with Crippen LogP contribution in [0, 0.1) is 0 Å². The maximum atomic E-state index is 12.2. The summed E-state index contributed by atoms with van der Waals surface area (Å²) in [5, 5.41) is 0. The van der Waals surface area contributed by atoms with Crippen LogP contribution in [0.1, 0.15) is 11.1 Å². The van der Waals surface area contributed by atoms with Gasteiger partial charge < -0.3 is 4.74 Å². The molecule has 0 fully saturated rings. The molecule has 0 heterocycles. The average Bonchev–Trinajstić information content (AvgIpc) is 2.37. The van der Waals surface area contributed by atoms with E-state index in [1.807, 2.05) is 30.3 Å². The van der Waals surface area contributed by atoms with Crippen LogP contribution in [-0.2, 0) is 0 Å². The number of alkyl halides is 2. The lowest BCUT2D eigenvalue weighted by molar-refractivity contribution is -0.0498. The van der Waals surface area contributed by atoms with Gasteiger partial charge >= 0.3 is 6.61 Å². The van der Waals surface area contributed by atoms with Gasteiger partial charge in [-0.05, 0) is 41.0 Å². The molecule has 0 unspecified atom stereocenters. The van der Waals surface area contributed by atoms with Gasteiger partial charge in [0.15, 0.2) is 0 Å². The van der Waals surface area contributed by atoms with Gasteiger partial charge in [0.25, 0.3) is 0 Å². The Morgan fingerprint density at radius 2 is 1.68 bits per heavy atom. The Morgan fingerprint density at radius 3 is 2.32 bits per heavy atom. The van der Waals surface area contributed by atoms with E-state index in [0.29, 0.717) is 0 Å². The summed E-state index contributed by atoms with van der Waals surface area (Å²) in [6.07, 6.45) is 0. The molecular weight excluding hydrogens is 314 g/mol. The van der Waals surface area contributed by atoms with Crippen molar-refractivity contribution in [2.75, 3.05) is 0 Å². The number of hydrogen-bond acceptors (Lipinski definition) is 1. The van der Waals surface area contributed by atoms with Gasteiger partial charge in [-0.1, -0.05) is 46.8 Å². The fourth-order valence-corrected chi connectivity index (χ4v) is 2.10. The summed E-state index contributed by atoms with van der Waals surface area (Å²) in [5.74, 6) is 0.128. The first-order chi connectivity index (χ1) is 9.06. The van der Waals surface area contributed by atoms with Gasteiger partial charge in [0, 0.05) is 4.47 Å². The third kappa shape index (κ3) is 3.64. The fraction of sp³-hybridized carbons (Fsp3) is 0.0667. The molecule has 4 heteroatoms. The number of halogens is 3. The molecule has 0 spiro atoms. The molecule has 0 bridgehead atoms. The van der Waals surface area contributed by atoms with Gasteiger partial charge in [-0.2, -0.15) is 8.78 Å². The molecule has 0 saturated heterocycles. The van der Waals surface area contributed by atoms with Crippen molar-refractivity contribution in [3.05, 3.63) is 70.7 Å². The summed E-state index contributed by atoms with van der Waals surface area (Å²) >= 11 is 3.39. The Hall–Kier alpha value is -1.68. The van der Waals surface area contributed by atoms with Crippen LogP contribution in [0.5, 0.6) is 5.75 Å². The second-order valence-electron chi connectivity index (χ2n) is 3.90. The lowest BCUT2D eigenvalue weighted by Gasteiger charge is -2.09. The largest absolute Gasteiger partial charge is 0.435 e. The fourth-order valence-electron chi connectivity index (χ4n) is 1.70. The van der Waals surface area contributed by atoms with E-state index in [4.69, 9.17) is 0 Å². The summed E-state index contributed by atoms with van der Waals surface area (Å²) in [5.41, 5.74) is 2.42. The minimum Gasteiger partial charge on any atom is -0.435 e. The number of hydrogen-bond donors (Lipinski definition) is 0. The zero-order chi connectivity index (χ0) is 13.8. The highest BCUT2D eigenvalue weighted by molar-refractivity contribution is 9.10. The molecule has 2 aromatic rings. The number of rotatable bonds is 4. The molecule has 0 N–H and O–H groups in total. The van der Waals surface area contributed by atoms with Gasteiger partial charge in [0.1, 0.15) is 5.75 Å². The normalized spacial score (nSPS) is 10.5. The summed E-state index contributed by atoms with van der Waals surface area (Å²) in [6, 6.07) is 14.1. The zero-order valence-electron chi connectivity index (χ0n) is 9.95. The van der Waals surface area contributed by atoms with Crippen LogP contribution in [0.4, 0.5) is 8.78 Å². The summed E-state index contributed by atoms with van der Waals surface area (Å²) in [4.78, 5) is 0. The maximum Gasteiger partial charge on any atom is 0.387 e. The van der Waals surface area contributed by atoms with E-state index in [-0.39, 0.29) is 5.75 Å². The van der Waals surface area contributed by atoms with E-state index in [1.54, 1.807) is 12.1 Å². The van der Waals surface area contributed by atoms with Crippen LogP contribution in [0.25, 0.3) is 5.57 Å². The average molecular weight is 325 g/mol. The highest BCUT2D eigenvalue weighted by Gasteiger charge is 2.07. The predicted octanol–water partition coefficient (Wildman–Crippen LogP) is 5.11. The van der Waals surface area contributed by atoms with Gasteiger partial charge in [0.2, 0.25) is 0 Å². The number of ether oxygens (including phenoxy) is 1. The summed E-state index contributed by atoms with van der Waals surface area (Å²) in [7, 11) is 0. The summed E-state index contributed by atoms with van der Waals surface area (Å²) < 4.78 is 29.7. The van der Waals surface area contributed by atoms with Crippen LogP contribution < -0.4 is 4.74 Å². The smallest absolute Gasteiger partial charge is 0.387 e. The molecule has 0 aliphatic rings. The molecule has 0 atom stereocenters. The van der Waals surface area contributed by atoms with Gasteiger partial charge in [-0.3, -0.25) is 0 Å². The van der Waals surface area contributed by atoms with Crippen molar-refractivity contribution in [3.63, 3.8) is 0 Å². The molecular formula is C15H11BrF2O. The molecule has 0 saturated carbocycles. The Kier molecular flexibility index (Phi) is 4.32. The molecule has 0 aromatic heterocycles. The van der Waals surface area contributed by atoms with Crippen LogP contribution in [0.2, 0.25) is 0 Å². The predicted molar refractivity (Wildman–Crippen MR) is 75.4 cm³/mol. The van der Waals surface area contributed by atoms with Crippen molar-refractivity contribution in [2.45, 2.75) is 6.61 Å². The lowest BCUT2D eigenvalue weighted by atomic mass is 10.00. The van der Waals surface area contributed by atoms with Crippen molar-refractivity contribution in [1.82, 2.24) is 0 Å². The third-order valence-corrected chi connectivity index (χ3v) is 3.07. The highest BCUT2D eigenvalue weighted by atomic mass is 79.9. The molecule has 0 radical (unpaired) electrons. The second kappa shape index (κ2) is 5.97. The first-order valence-corrected chi connectivity index (χ1v) is 6.35. The first kappa shape index (κ1) is 13.7. The Balaban J connectivity index is 2.29. The van der Waals surface area contributed by atoms with E-state index in [1.165, 1.54) is 6.07 Å². The molecule has 98 valence electrons. The molecule has 0 aliphatic carbocycles. The lowest BCUT2D eigenvalue weighted by Crippen LogP contribution is -2.02. The summed E-state index contributed by atoms with van der Waals surface area (Å²) in [6.45, 7) is 1.17. The van der Waals surface area contributed by atoms with Crippen LogP contribution >= 0.6 is 15.9 Å². The van der Waals surface area contributed by atoms with E-state index in [2.05, 4.69) is 27.2 Å². The van der Waals surface area contributed by atoms with Crippen molar-refractivity contribution in [3.8, 4) is 5.75 Å². The van der Waals surface area contributed by atoms with Crippen molar-refractivity contribution in [2.24, 2.45) is 0 Å². The Labute approximate surface area is 118 Å². The topological polar surface area (TPSA) is 9.23 Å².